The van der Waals surface area contributed by atoms with Gasteiger partial charge in [0, 0.05) is 64.4 Å². The summed E-state index contributed by atoms with van der Waals surface area (Å²) in [4.78, 5) is 55.7. The van der Waals surface area contributed by atoms with Gasteiger partial charge in [-0.15, -0.1) is 22.7 Å². The van der Waals surface area contributed by atoms with Gasteiger partial charge in [0.25, 0.3) is 0 Å². The Hall–Kier alpha value is -5.04. The third-order valence-corrected chi connectivity index (χ3v) is 13.8. The predicted molar refractivity (Wildman–Crippen MR) is 201 cm³/mol. The molecule has 4 nitrogen and oxygen atoms in total. The second kappa shape index (κ2) is 9.81. The van der Waals surface area contributed by atoms with Gasteiger partial charge in [-0.1, -0.05) is 101 Å². The van der Waals surface area contributed by atoms with E-state index >= 15 is 0 Å². The lowest BCUT2D eigenvalue weighted by Gasteiger charge is -2.33. The number of ketones is 4. The second-order valence-electron chi connectivity index (χ2n) is 15.0. The van der Waals surface area contributed by atoms with Gasteiger partial charge in [0.2, 0.25) is 23.1 Å². The van der Waals surface area contributed by atoms with E-state index in [1.165, 1.54) is 43.2 Å². The molecule has 0 saturated carbocycles. The van der Waals surface area contributed by atoms with Crippen LogP contribution in [0.5, 0.6) is 0 Å². The quantitative estimate of drug-likeness (QED) is 0.156. The minimum Gasteiger partial charge on any atom is -0.285 e. The molecule has 0 N–H and O–H groups in total. The number of benzene rings is 2. The Morgan fingerprint density at radius 2 is 0.900 bits per heavy atom. The summed E-state index contributed by atoms with van der Waals surface area (Å²) in [5.41, 5.74) is 10.7. The molecule has 0 radical (unpaired) electrons. The summed E-state index contributed by atoms with van der Waals surface area (Å²) in [5, 5.41) is 0. The molecule has 6 heteroatoms. The van der Waals surface area contributed by atoms with Gasteiger partial charge in [-0.25, -0.2) is 0 Å². The Balaban J connectivity index is 1.01. The number of hydrogen-bond donors (Lipinski definition) is 0. The first-order valence-electron chi connectivity index (χ1n) is 16.9. The molecule has 2 heterocycles. The van der Waals surface area contributed by atoms with Crippen LogP contribution >= 0.6 is 22.7 Å². The van der Waals surface area contributed by atoms with E-state index in [0.29, 0.717) is 22.3 Å². The van der Waals surface area contributed by atoms with Gasteiger partial charge < -0.3 is 0 Å². The minimum absolute atomic E-state index is 0.209. The van der Waals surface area contributed by atoms with Crippen molar-refractivity contribution in [1.82, 2.24) is 0 Å². The van der Waals surface area contributed by atoms with Crippen molar-refractivity contribution in [2.45, 2.75) is 38.5 Å². The Bertz CT molecular complexity index is 2390. The fourth-order valence-electron chi connectivity index (χ4n) is 8.87. The molecule has 0 spiro atoms. The summed E-state index contributed by atoms with van der Waals surface area (Å²) in [6.45, 7) is 9.12. The van der Waals surface area contributed by atoms with E-state index in [-0.39, 0.29) is 22.7 Å². The van der Waals surface area contributed by atoms with Crippen LogP contribution in [0.25, 0.3) is 34.4 Å². The molecule has 10 rings (SSSR count). The predicted octanol–water partition coefficient (Wildman–Crippen LogP) is 9.58. The maximum atomic E-state index is 13.0. The Kier molecular flexibility index (Phi) is 5.85. The van der Waals surface area contributed by atoms with Gasteiger partial charge >= 0.3 is 0 Å². The van der Waals surface area contributed by atoms with Gasteiger partial charge in [0.15, 0.2) is 0 Å². The van der Waals surface area contributed by atoms with Crippen LogP contribution in [0.3, 0.4) is 0 Å². The highest BCUT2D eigenvalue weighted by molar-refractivity contribution is 7.15. The molecule has 2 atom stereocenters. The van der Waals surface area contributed by atoms with Crippen LogP contribution in [0.15, 0.2) is 96.1 Å². The van der Waals surface area contributed by atoms with Crippen molar-refractivity contribution in [3.63, 3.8) is 0 Å². The fraction of sp³-hybridized carbons (Fsp3) is 0.182. The zero-order valence-corrected chi connectivity index (χ0v) is 29.5. The van der Waals surface area contributed by atoms with E-state index < -0.39 is 23.1 Å². The normalized spacial score (nSPS) is 24.6. The minimum atomic E-state index is -0.431. The maximum Gasteiger partial charge on any atom is 0.234 e. The highest BCUT2D eigenvalue weighted by Crippen LogP contribution is 2.60. The molecule has 0 bridgehead atoms. The SMILES string of the molecule is CC1(C)C2=CC3C=C4C(=CC3C=C2c2sc(/C=C3\C(=O)C(=O)c5ccccc53)cc21)C(C)(C)c1cc(/C=C2\C(=O)C(=O)c3ccccc32)sc14. The lowest BCUT2D eigenvalue weighted by molar-refractivity contribution is -0.110. The monoisotopic (exact) mass is 686 g/mol. The molecule has 2 aromatic heterocycles. The zero-order valence-electron chi connectivity index (χ0n) is 27.8. The van der Waals surface area contributed by atoms with Crippen LogP contribution in [0.4, 0.5) is 0 Å². The van der Waals surface area contributed by atoms with Crippen LogP contribution in [0.1, 0.15) is 90.2 Å². The van der Waals surface area contributed by atoms with Crippen molar-refractivity contribution in [1.29, 1.82) is 0 Å². The number of fused-ring (bicyclic) bond motifs is 9. The summed E-state index contributed by atoms with van der Waals surface area (Å²) in [6.07, 6.45) is 13.6. The first kappa shape index (κ1) is 29.8. The molecule has 2 aromatic carbocycles. The van der Waals surface area contributed by atoms with Crippen molar-refractivity contribution in [2.24, 2.45) is 11.8 Å². The van der Waals surface area contributed by atoms with Crippen LogP contribution in [-0.2, 0) is 20.4 Å². The number of carbonyl (C=O) groups is 4. The van der Waals surface area contributed by atoms with E-state index in [2.05, 4.69) is 64.1 Å². The molecule has 0 amide bonds. The average molecular weight is 687 g/mol. The fourth-order valence-corrected chi connectivity index (χ4v) is 11.5. The lowest BCUT2D eigenvalue weighted by Crippen LogP contribution is -2.24. The number of thiophene rings is 2. The summed E-state index contributed by atoms with van der Waals surface area (Å²) >= 11 is 3.40. The smallest absolute Gasteiger partial charge is 0.234 e. The number of Topliss-reactive ketones (excluding diaryl/α,β-unsaturated/α-hetero) is 4. The number of allylic oxidation sites excluding steroid dienone is 10. The molecule has 0 saturated heterocycles. The summed E-state index contributed by atoms with van der Waals surface area (Å²) in [7, 11) is 0. The van der Waals surface area contributed by atoms with E-state index in [1.54, 1.807) is 46.9 Å². The molecule has 2 unspecified atom stereocenters. The highest BCUT2D eigenvalue weighted by Gasteiger charge is 2.47. The highest BCUT2D eigenvalue weighted by atomic mass is 32.1. The van der Waals surface area contributed by atoms with Gasteiger partial charge in [-0.05, 0) is 68.8 Å². The van der Waals surface area contributed by atoms with Gasteiger partial charge in [-0.2, -0.15) is 0 Å². The van der Waals surface area contributed by atoms with E-state index in [4.69, 9.17) is 0 Å². The van der Waals surface area contributed by atoms with Crippen LogP contribution in [0, 0.1) is 11.8 Å². The molecule has 0 aliphatic heterocycles. The number of hydrogen-bond acceptors (Lipinski definition) is 6. The number of rotatable bonds is 2. The van der Waals surface area contributed by atoms with Crippen molar-refractivity contribution in [2.75, 3.05) is 0 Å². The lowest BCUT2D eigenvalue weighted by atomic mass is 9.70. The molecular weight excluding hydrogens is 657 g/mol. The largest absolute Gasteiger partial charge is 0.285 e. The summed E-state index contributed by atoms with van der Waals surface area (Å²) in [6, 6.07) is 18.9. The van der Waals surface area contributed by atoms with E-state index in [9.17, 15) is 19.2 Å². The van der Waals surface area contributed by atoms with Crippen molar-refractivity contribution < 1.29 is 19.2 Å². The first-order chi connectivity index (χ1) is 23.9. The Morgan fingerprint density at radius 1 is 0.520 bits per heavy atom. The first-order valence-corrected chi connectivity index (χ1v) is 18.6. The van der Waals surface area contributed by atoms with E-state index in [1.807, 2.05) is 36.4 Å². The van der Waals surface area contributed by atoms with Crippen molar-refractivity contribution in [3.8, 4) is 0 Å². The average Bonchev–Trinajstić information content (AvgIpc) is 3.91. The van der Waals surface area contributed by atoms with Crippen LogP contribution in [-0.4, -0.2) is 23.1 Å². The Morgan fingerprint density at radius 3 is 1.30 bits per heavy atom. The molecule has 6 aliphatic rings. The molecule has 50 heavy (non-hydrogen) atoms. The standard InChI is InChI=1S/C44H30O4S2/c1-43(2)33-15-21-14-32-34(44(3,4)36-20-24(50-42(32)36)18-30-26-10-6-8-12-28(26)38(46)40(30)48)16-22(21)13-31(33)41-35(43)19-23(49-41)17-29-25-9-5-7-11-27(25)37(45)39(29)47/h5-22H,1-4H3/b29-17-,30-18-. The van der Waals surface area contributed by atoms with Crippen molar-refractivity contribution >= 4 is 80.3 Å². The van der Waals surface area contributed by atoms with Gasteiger partial charge in [0.1, 0.15) is 0 Å². The molecule has 0 fully saturated rings. The molecule has 6 aliphatic carbocycles. The third kappa shape index (κ3) is 3.81. The van der Waals surface area contributed by atoms with Gasteiger partial charge in [-0.3, -0.25) is 19.2 Å². The maximum absolute atomic E-state index is 13.0. The van der Waals surface area contributed by atoms with Gasteiger partial charge in [0.05, 0.1) is 0 Å². The van der Waals surface area contributed by atoms with Crippen LogP contribution in [0.2, 0.25) is 0 Å². The number of carbonyl (C=O) groups excluding carboxylic acids is 4. The van der Waals surface area contributed by atoms with E-state index in [0.717, 1.165) is 20.9 Å². The van der Waals surface area contributed by atoms with Crippen molar-refractivity contribution in [3.05, 3.63) is 149 Å². The van der Waals surface area contributed by atoms with Crippen LogP contribution < -0.4 is 0 Å². The topological polar surface area (TPSA) is 68.3 Å². The molecule has 4 aromatic rings. The third-order valence-electron chi connectivity index (χ3n) is 11.5. The summed E-state index contributed by atoms with van der Waals surface area (Å²) < 4.78 is 0. The summed E-state index contributed by atoms with van der Waals surface area (Å²) in [5.74, 6) is -1.28. The second-order valence-corrected chi connectivity index (χ2v) is 17.2. The molecular formula is C44H30O4S2. The Labute approximate surface area is 297 Å². The zero-order chi connectivity index (χ0) is 34.4. The molecule has 242 valence electrons.